The van der Waals surface area contributed by atoms with Gasteiger partial charge in [-0.15, -0.1) is 0 Å². The number of carbonyl (C=O) groups excluding carboxylic acids is 1. The van der Waals surface area contributed by atoms with Crippen molar-refractivity contribution in [2.45, 2.75) is 6.92 Å². The van der Waals surface area contributed by atoms with Gasteiger partial charge in [0.05, 0.1) is 18.2 Å². The standard InChI is InChI=1S/C12H14N2O2/c1-2-16-8-7-14-12(15)11-5-3-10(9-13)4-6-11/h3-6H,2,7-8H2,1H3,(H,14,15). The van der Waals surface area contributed by atoms with Crippen LogP contribution in [0.3, 0.4) is 0 Å². The summed E-state index contributed by atoms with van der Waals surface area (Å²) >= 11 is 0. The van der Waals surface area contributed by atoms with Crippen molar-refractivity contribution in [3.8, 4) is 6.07 Å². The third kappa shape index (κ3) is 3.71. The highest BCUT2D eigenvalue weighted by molar-refractivity contribution is 5.94. The molecule has 0 fully saturated rings. The molecule has 0 spiro atoms. The van der Waals surface area contributed by atoms with Crippen molar-refractivity contribution in [3.63, 3.8) is 0 Å². The van der Waals surface area contributed by atoms with Gasteiger partial charge in [-0.05, 0) is 31.2 Å². The lowest BCUT2D eigenvalue weighted by molar-refractivity contribution is 0.0922. The number of amides is 1. The van der Waals surface area contributed by atoms with Crippen LogP contribution in [0.2, 0.25) is 0 Å². The molecular weight excluding hydrogens is 204 g/mol. The van der Waals surface area contributed by atoms with Gasteiger partial charge in [0, 0.05) is 18.7 Å². The van der Waals surface area contributed by atoms with Crippen LogP contribution >= 0.6 is 0 Å². The fourth-order valence-electron chi connectivity index (χ4n) is 1.18. The summed E-state index contributed by atoms with van der Waals surface area (Å²) in [7, 11) is 0. The Labute approximate surface area is 94.8 Å². The summed E-state index contributed by atoms with van der Waals surface area (Å²) in [5.74, 6) is -0.149. The van der Waals surface area contributed by atoms with Crippen molar-refractivity contribution < 1.29 is 9.53 Å². The monoisotopic (exact) mass is 218 g/mol. The van der Waals surface area contributed by atoms with E-state index in [1.54, 1.807) is 24.3 Å². The molecular formula is C12H14N2O2. The molecule has 16 heavy (non-hydrogen) atoms. The number of nitriles is 1. The second-order valence-corrected chi connectivity index (χ2v) is 3.14. The lowest BCUT2D eigenvalue weighted by atomic mass is 10.1. The maximum Gasteiger partial charge on any atom is 0.251 e. The van der Waals surface area contributed by atoms with Gasteiger partial charge in [-0.3, -0.25) is 4.79 Å². The van der Waals surface area contributed by atoms with Crippen molar-refractivity contribution in [1.82, 2.24) is 5.32 Å². The molecule has 0 aliphatic rings. The van der Waals surface area contributed by atoms with Crippen molar-refractivity contribution in [3.05, 3.63) is 35.4 Å². The molecule has 0 radical (unpaired) electrons. The summed E-state index contributed by atoms with van der Waals surface area (Å²) < 4.78 is 5.10. The van der Waals surface area contributed by atoms with Gasteiger partial charge in [-0.1, -0.05) is 0 Å². The third-order valence-corrected chi connectivity index (χ3v) is 2.01. The molecule has 1 amide bonds. The Hall–Kier alpha value is -1.86. The van der Waals surface area contributed by atoms with E-state index in [1.807, 2.05) is 13.0 Å². The molecule has 1 aromatic carbocycles. The van der Waals surface area contributed by atoms with Gasteiger partial charge in [-0.25, -0.2) is 0 Å². The quantitative estimate of drug-likeness (QED) is 0.758. The Morgan fingerprint density at radius 3 is 2.69 bits per heavy atom. The molecule has 4 nitrogen and oxygen atoms in total. The first-order valence-electron chi connectivity index (χ1n) is 5.14. The summed E-state index contributed by atoms with van der Waals surface area (Å²) in [5, 5.41) is 11.3. The van der Waals surface area contributed by atoms with Gasteiger partial charge < -0.3 is 10.1 Å². The molecule has 0 aromatic heterocycles. The Bertz CT molecular complexity index is 379. The number of nitrogens with one attached hydrogen (secondary N) is 1. The highest BCUT2D eigenvalue weighted by atomic mass is 16.5. The summed E-state index contributed by atoms with van der Waals surface area (Å²) in [5.41, 5.74) is 1.10. The van der Waals surface area contributed by atoms with Crippen LogP contribution in [0.15, 0.2) is 24.3 Å². The van der Waals surface area contributed by atoms with Gasteiger partial charge in [0.25, 0.3) is 5.91 Å². The number of nitrogens with zero attached hydrogens (tertiary/aromatic N) is 1. The zero-order chi connectivity index (χ0) is 11.8. The third-order valence-electron chi connectivity index (χ3n) is 2.01. The van der Waals surface area contributed by atoms with E-state index >= 15 is 0 Å². The zero-order valence-corrected chi connectivity index (χ0v) is 9.19. The Balaban J connectivity index is 2.44. The van der Waals surface area contributed by atoms with Crippen LogP contribution in [-0.4, -0.2) is 25.7 Å². The SMILES string of the molecule is CCOCCNC(=O)c1ccc(C#N)cc1. The number of benzene rings is 1. The second-order valence-electron chi connectivity index (χ2n) is 3.14. The molecule has 0 atom stereocenters. The van der Waals surface area contributed by atoms with Crippen molar-refractivity contribution in [2.75, 3.05) is 19.8 Å². The lowest BCUT2D eigenvalue weighted by Gasteiger charge is -2.04. The first-order chi connectivity index (χ1) is 7.77. The summed E-state index contributed by atoms with van der Waals surface area (Å²) in [6.07, 6.45) is 0. The van der Waals surface area contributed by atoms with Crippen LogP contribution < -0.4 is 5.32 Å². The molecule has 0 saturated carbocycles. The molecule has 0 aliphatic carbocycles. The van der Waals surface area contributed by atoms with Gasteiger partial charge in [0.1, 0.15) is 0 Å². The fourth-order valence-corrected chi connectivity index (χ4v) is 1.18. The number of rotatable bonds is 5. The van der Waals surface area contributed by atoms with E-state index in [0.29, 0.717) is 30.9 Å². The lowest BCUT2D eigenvalue weighted by Crippen LogP contribution is -2.27. The van der Waals surface area contributed by atoms with Crippen LogP contribution in [0.5, 0.6) is 0 Å². The Morgan fingerprint density at radius 1 is 1.44 bits per heavy atom. The maximum absolute atomic E-state index is 11.6. The minimum absolute atomic E-state index is 0.149. The van der Waals surface area contributed by atoms with Crippen molar-refractivity contribution in [2.24, 2.45) is 0 Å². The minimum atomic E-state index is -0.149. The van der Waals surface area contributed by atoms with E-state index in [0.717, 1.165) is 0 Å². The molecule has 4 heteroatoms. The first kappa shape index (κ1) is 12.2. The predicted molar refractivity (Wildman–Crippen MR) is 60.0 cm³/mol. The largest absolute Gasteiger partial charge is 0.380 e. The average Bonchev–Trinajstić information content (AvgIpc) is 2.34. The predicted octanol–water partition coefficient (Wildman–Crippen LogP) is 1.32. The van der Waals surface area contributed by atoms with E-state index in [4.69, 9.17) is 10.00 Å². The molecule has 0 saturated heterocycles. The Kier molecular flexibility index (Phi) is 5.03. The van der Waals surface area contributed by atoms with Gasteiger partial charge in [-0.2, -0.15) is 5.26 Å². The minimum Gasteiger partial charge on any atom is -0.380 e. The van der Waals surface area contributed by atoms with Crippen LogP contribution in [-0.2, 0) is 4.74 Å². The highest BCUT2D eigenvalue weighted by Crippen LogP contribution is 2.02. The maximum atomic E-state index is 11.6. The molecule has 0 heterocycles. The Morgan fingerprint density at radius 2 is 2.12 bits per heavy atom. The van der Waals surface area contributed by atoms with Gasteiger partial charge in [0.15, 0.2) is 0 Å². The van der Waals surface area contributed by atoms with Crippen molar-refractivity contribution in [1.29, 1.82) is 5.26 Å². The normalized spacial score (nSPS) is 9.50. The number of ether oxygens (including phenoxy) is 1. The van der Waals surface area contributed by atoms with Crippen LogP contribution in [0.25, 0.3) is 0 Å². The van der Waals surface area contributed by atoms with E-state index in [1.165, 1.54) is 0 Å². The van der Waals surface area contributed by atoms with Crippen LogP contribution in [0.4, 0.5) is 0 Å². The summed E-state index contributed by atoms with van der Waals surface area (Å²) in [6, 6.07) is 8.51. The molecule has 1 rings (SSSR count). The number of hydrogen-bond acceptors (Lipinski definition) is 3. The number of hydrogen-bond donors (Lipinski definition) is 1. The number of carbonyl (C=O) groups is 1. The van der Waals surface area contributed by atoms with Crippen LogP contribution in [0.1, 0.15) is 22.8 Å². The molecule has 1 N–H and O–H groups in total. The molecule has 0 unspecified atom stereocenters. The summed E-state index contributed by atoms with van der Waals surface area (Å²) in [4.78, 5) is 11.6. The summed E-state index contributed by atoms with van der Waals surface area (Å²) in [6.45, 7) is 3.56. The van der Waals surface area contributed by atoms with E-state index in [2.05, 4.69) is 5.32 Å². The van der Waals surface area contributed by atoms with E-state index in [9.17, 15) is 4.79 Å². The van der Waals surface area contributed by atoms with Gasteiger partial charge in [0.2, 0.25) is 0 Å². The topological polar surface area (TPSA) is 62.1 Å². The zero-order valence-electron chi connectivity index (χ0n) is 9.19. The average molecular weight is 218 g/mol. The molecule has 0 aliphatic heterocycles. The first-order valence-corrected chi connectivity index (χ1v) is 5.14. The molecule has 84 valence electrons. The molecule has 1 aromatic rings. The van der Waals surface area contributed by atoms with Crippen LogP contribution in [0, 0.1) is 11.3 Å². The van der Waals surface area contributed by atoms with E-state index < -0.39 is 0 Å². The fraction of sp³-hybridized carbons (Fsp3) is 0.333. The highest BCUT2D eigenvalue weighted by Gasteiger charge is 2.03. The molecule has 0 bridgehead atoms. The second kappa shape index (κ2) is 6.59. The van der Waals surface area contributed by atoms with E-state index in [-0.39, 0.29) is 5.91 Å². The van der Waals surface area contributed by atoms with Crippen molar-refractivity contribution >= 4 is 5.91 Å². The smallest absolute Gasteiger partial charge is 0.251 e. The van der Waals surface area contributed by atoms with Gasteiger partial charge >= 0.3 is 0 Å².